The Kier molecular flexibility index (Phi) is 4.60. The minimum Gasteiger partial charge on any atom is -0.478 e. The van der Waals surface area contributed by atoms with Crippen LogP contribution in [0.15, 0.2) is 66.9 Å². The number of aliphatic carboxylic acids is 1. The molecule has 0 saturated heterocycles. The first-order valence-electron chi connectivity index (χ1n) is 9.14. The van der Waals surface area contributed by atoms with Crippen molar-refractivity contribution in [2.24, 2.45) is 0 Å². The second-order valence-corrected chi connectivity index (χ2v) is 6.92. The molecule has 1 heterocycles. The molecule has 0 bridgehead atoms. The number of carboxylic acid groups (broad SMARTS) is 1. The maximum Gasteiger partial charge on any atom is 0.328 e. The lowest BCUT2D eigenvalue weighted by molar-refractivity contribution is -0.384. The molecular weight excluding hydrogens is 368 g/mol. The summed E-state index contributed by atoms with van der Waals surface area (Å²) in [6, 6.07) is 14.1. The van der Waals surface area contributed by atoms with Crippen LogP contribution in [0, 0.1) is 10.1 Å². The summed E-state index contributed by atoms with van der Waals surface area (Å²) in [6.07, 6.45) is 6.59. The smallest absolute Gasteiger partial charge is 0.328 e. The van der Waals surface area contributed by atoms with Gasteiger partial charge >= 0.3 is 5.97 Å². The number of benzene rings is 2. The third-order valence-corrected chi connectivity index (χ3v) is 5.11. The van der Waals surface area contributed by atoms with Gasteiger partial charge in [-0.1, -0.05) is 37.3 Å². The van der Waals surface area contributed by atoms with Gasteiger partial charge in [-0.15, -0.1) is 0 Å². The average molecular weight is 386 g/mol. The highest BCUT2D eigenvalue weighted by Crippen LogP contribution is 2.40. The Morgan fingerprint density at radius 3 is 2.72 bits per heavy atom. The van der Waals surface area contributed by atoms with E-state index in [1.54, 1.807) is 18.2 Å². The lowest BCUT2D eigenvalue weighted by Gasteiger charge is -2.11. The van der Waals surface area contributed by atoms with Crippen molar-refractivity contribution < 1.29 is 14.8 Å². The van der Waals surface area contributed by atoms with Crippen LogP contribution >= 0.6 is 0 Å². The Labute approximate surface area is 167 Å². The number of carbonyl (C=O) groups is 1. The van der Waals surface area contributed by atoms with E-state index in [1.165, 1.54) is 17.7 Å². The van der Waals surface area contributed by atoms with E-state index in [2.05, 4.69) is 24.1 Å². The molecule has 2 N–H and O–H groups in total. The number of carboxylic acids is 1. The Hall–Kier alpha value is -3.93. The molecule has 1 unspecified atom stereocenters. The number of aromatic amines is 1. The van der Waals surface area contributed by atoms with Gasteiger partial charge in [0, 0.05) is 35.5 Å². The van der Waals surface area contributed by atoms with E-state index in [-0.39, 0.29) is 11.6 Å². The SMILES string of the molecule is CC1C=C(c2ccc(-c3ccccc3[N+](=O)[O-])c(/C=C/C(=O)O)c2)c2[nH]ccc21. The minimum atomic E-state index is -1.08. The highest BCUT2D eigenvalue weighted by atomic mass is 16.6. The van der Waals surface area contributed by atoms with Crippen molar-refractivity contribution in [3.05, 3.63) is 99.4 Å². The van der Waals surface area contributed by atoms with E-state index in [0.29, 0.717) is 16.7 Å². The average Bonchev–Trinajstić information content (AvgIpc) is 3.30. The van der Waals surface area contributed by atoms with Crippen LogP contribution in [0.4, 0.5) is 5.69 Å². The zero-order valence-corrected chi connectivity index (χ0v) is 15.6. The van der Waals surface area contributed by atoms with Gasteiger partial charge in [0.05, 0.1) is 10.5 Å². The minimum absolute atomic E-state index is 0.0226. The first kappa shape index (κ1) is 18.4. The summed E-state index contributed by atoms with van der Waals surface area (Å²) in [5, 5.41) is 20.6. The number of hydrogen-bond donors (Lipinski definition) is 2. The van der Waals surface area contributed by atoms with Crippen molar-refractivity contribution in [1.82, 2.24) is 4.98 Å². The highest BCUT2D eigenvalue weighted by Gasteiger charge is 2.23. The van der Waals surface area contributed by atoms with Crippen molar-refractivity contribution in [2.45, 2.75) is 12.8 Å². The molecular formula is C23H18N2O4. The van der Waals surface area contributed by atoms with E-state index in [0.717, 1.165) is 22.9 Å². The summed E-state index contributed by atoms with van der Waals surface area (Å²) in [7, 11) is 0. The normalized spacial score (nSPS) is 15.3. The first-order valence-corrected chi connectivity index (χ1v) is 9.14. The van der Waals surface area contributed by atoms with E-state index in [1.807, 2.05) is 24.4 Å². The number of nitrogens with one attached hydrogen (secondary N) is 1. The van der Waals surface area contributed by atoms with Crippen LogP contribution in [0.1, 0.15) is 35.2 Å². The predicted molar refractivity (Wildman–Crippen MR) is 111 cm³/mol. The Bertz CT molecular complexity index is 1190. The molecule has 1 atom stereocenters. The molecule has 1 aromatic heterocycles. The quantitative estimate of drug-likeness (QED) is 0.356. The maximum absolute atomic E-state index is 11.5. The predicted octanol–water partition coefficient (Wildman–Crippen LogP) is 5.24. The summed E-state index contributed by atoms with van der Waals surface area (Å²) in [6.45, 7) is 2.12. The van der Waals surface area contributed by atoms with Crippen LogP contribution < -0.4 is 0 Å². The summed E-state index contributed by atoms with van der Waals surface area (Å²) < 4.78 is 0. The molecule has 0 aliphatic heterocycles. The molecule has 6 heteroatoms. The van der Waals surface area contributed by atoms with Gasteiger partial charge in [-0.25, -0.2) is 4.79 Å². The Morgan fingerprint density at radius 2 is 1.97 bits per heavy atom. The first-order chi connectivity index (χ1) is 14.0. The van der Waals surface area contributed by atoms with Crippen LogP contribution in [0.25, 0.3) is 22.8 Å². The van der Waals surface area contributed by atoms with Gasteiger partial charge in [-0.3, -0.25) is 10.1 Å². The fraction of sp³-hybridized carbons (Fsp3) is 0.0870. The molecule has 0 spiro atoms. The number of nitro benzene ring substituents is 1. The summed E-state index contributed by atoms with van der Waals surface area (Å²) in [5.41, 5.74) is 5.86. The summed E-state index contributed by atoms with van der Waals surface area (Å²) >= 11 is 0. The molecule has 3 aromatic rings. The molecule has 144 valence electrons. The third kappa shape index (κ3) is 3.36. The molecule has 6 nitrogen and oxygen atoms in total. The van der Waals surface area contributed by atoms with E-state index < -0.39 is 10.9 Å². The Morgan fingerprint density at radius 1 is 1.17 bits per heavy atom. The number of nitro groups is 1. The van der Waals surface area contributed by atoms with Crippen molar-refractivity contribution in [1.29, 1.82) is 0 Å². The lowest BCUT2D eigenvalue weighted by Crippen LogP contribution is -1.95. The van der Waals surface area contributed by atoms with Crippen LogP contribution in [0.2, 0.25) is 0 Å². The number of fused-ring (bicyclic) bond motifs is 1. The molecule has 4 rings (SSSR count). The topological polar surface area (TPSA) is 96.2 Å². The number of H-pyrrole nitrogens is 1. The van der Waals surface area contributed by atoms with Gasteiger partial charge in [-0.05, 0) is 46.5 Å². The molecule has 1 aliphatic rings. The van der Waals surface area contributed by atoms with Gasteiger partial charge in [0.25, 0.3) is 5.69 Å². The Balaban J connectivity index is 1.88. The number of aromatic nitrogens is 1. The van der Waals surface area contributed by atoms with Gasteiger partial charge in [0.2, 0.25) is 0 Å². The van der Waals surface area contributed by atoms with E-state index in [9.17, 15) is 14.9 Å². The molecule has 1 aliphatic carbocycles. The highest BCUT2D eigenvalue weighted by molar-refractivity contribution is 5.91. The van der Waals surface area contributed by atoms with Crippen LogP contribution in [0.3, 0.4) is 0 Å². The van der Waals surface area contributed by atoms with Gasteiger partial charge in [0.1, 0.15) is 0 Å². The second kappa shape index (κ2) is 7.24. The summed E-state index contributed by atoms with van der Waals surface area (Å²) in [4.78, 5) is 25.4. The van der Waals surface area contributed by atoms with Crippen molar-refractivity contribution in [2.75, 3.05) is 0 Å². The number of allylic oxidation sites excluding steroid dienone is 1. The zero-order valence-electron chi connectivity index (χ0n) is 15.6. The van der Waals surface area contributed by atoms with Crippen LogP contribution in [-0.4, -0.2) is 21.0 Å². The van der Waals surface area contributed by atoms with Crippen molar-refractivity contribution in [3.8, 4) is 11.1 Å². The summed E-state index contributed by atoms with van der Waals surface area (Å²) in [5.74, 6) is -0.802. The lowest BCUT2D eigenvalue weighted by atomic mass is 9.93. The maximum atomic E-state index is 11.5. The fourth-order valence-corrected chi connectivity index (χ4v) is 3.79. The van der Waals surface area contributed by atoms with Gasteiger partial charge in [-0.2, -0.15) is 0 Å². The molecule has 0 saturated carbocycles. The van der Waals surface area contributed by atoms with E-state index >= 15 is 0 Å². The van der Waals surface area contributed by atoms with Crippen LogP contribution in [0.5, 0.6) is 0 Å². The number of hydrogen-bond acceptors (Lipinski definition) is 3. The van der Waals surface area contributed by atoms with E-state index in [4.69, 9.17) is 5.11 Å². The van der Waals surface area contributed by atoms with Crippen molar-refractivity contribution in [3.63, 3.8) is 0 Å². The second-order valence-electron chi connectivity index (χ2n) is 6.92. The standard InChI is InChI=1S/C23H18N2O4/c1-14-12-20(23-17(14)10-11-24-23)16-6-8-18(15(13-16)7-9-22(26)27)19-4-2-3-5-21(19)25(28)29/h2-14,24H,1H3,(H,26,27)/b9-7+. The largest absolute Gasteiger partial charge is 0.478 e. The monoisotopic (exact) mass is 386 g/mol. The zero-order chi connectivity index (χ0) is 20.5. The molecule has 0 fully saturated rings. The number of para-hydroxylation sites is 1. The number of nitrogens with zero attached hydrogens (tertiary/aromatic N) is 1. The van der Waals surface area contributed by atoms with Crippen molar-refractivity contribution >= 4 is 23.3 Å². The third-order valence-electron chi connectivity index (χ3n) is 5.11. The van der Waals surface area contributed by atoms with Gasteiger partial charge in [0.15, 0.2) is 0 Å². The molecule has 29 heavy (non-hydrogen) atoms. The number of rotatable bonds is 5. The molecule has 0 amide bonds. The molecule has 2 aromatic carbocycles. The molecule has 0 radical (unpaired) electrons. The van der Waals surface area contributed by atoms with Crippen LogP contribution in [-0.2, 0) is 4.79 Å². The van der Waals surface area contributed by atoms with Gasteiger partial charge < -0.3 is 10.1 Å². The fourth-order valence-electron chi connectivity index (χ4n) is 3.79.